The van der Waals surface area contributed by atoms with E-state index in [-0.39, 0.29) is 5.91 Å². The Bertz CT molecular complexity index is 395. The molecule has 1 heterocycles. The second kappa shape index (κ2) is 3.68. The normalized spacial score (nSPS) is 14.9. The van der Waals surface area contributed by atoms with Crippen molar-refractivity contribution in [1.29, 1.82) is 0 Å². The van der Waals surface area contributed by atoms with Crippen LogP contribution in [0.3, 0.4) is 0 Å². The molecule has 0 bridgehead atoms. The number of aryl methyl sites for hydroxylation is 2. The molecule has 4 nitrogen and oxygen atoms in total. The molecule has 0 N–H and O–H groups in total. The molecule has 2 rings (SSSR count). The lowest BCUT2D eigenvalue weighted by Gasteiger charge is -2.18. The van der Waals surface area contributed by atoms with E-state index >= 15 is 0 Å². The maximum atomic E-state index is 11.4. The second-order valence-corrected chi connectivity index (χ2v) is 4.16. The van der Waals surface area contributed by atoms with E-state index in [1.165, 1.54) is 24.1 Å². The minimum Gasteiger partial charge on any atom is -0.300 e. The lowest BCUT2D eigenvalue weighted by Crippen LogP contribution is -2.26. The van der Waals surface area contributed by atoms with Crippen molar-refractivity contribution in [1.82, 2.24) is 9.78 Å². The van der Waals surface area contributed by atoms with E-state index in [2.05, 4.69) is 5.10 Å². The Morgan fingerprint density at radius 1 is 1.40 bits per heavy atom. The highest BCUT2D eigenvalue weighted by Gasteiger charge is 2.22. The highest BCUT2D eigenvalue weighted by atomic mass is 16.2. The van der Waals surface area contributed by atoms with E-state index < -0.39 is 0 Å². The molecule has 0 aliphatic heterocycles. The molecular weight excluding hydrogens is 190 g/mol. The molecule has 1 amide bonds. The zero-order chi connectivity index (χ0) is 11.0. The molecule has 0 radical (unpaired) electrons. The first kappa shape index (κ1) is 10.2. The molecule has 0 fully saturated rings. The van der Waals surface area contributed by atoms with Gasteiger partial charge in [0.25, 0.3) is 0 Å². The zero-order valence-corrected chi connectivity index (χ0v) is 9.58. The first-order chi connectivity index (χ1) is 7.11. The van der Waals surface area contributed by atoms with Crippen molar-refractivity contribution in [2.45, 2.75) is 32.6 Å². The largest absolute Gasteiger partial charge is 0.300 e. The molecule has 1 aliphatic rings. The minimum atomic E-state index is 0.0615. The second-order valence-electron chi connectivity index (χ2n) is 4.16. The van der Waals surface area contributed by atoms with Crippen LogP contribution >= 0.6 is 0 Å². The van der Waals surface area contributed by atoms with Gasteiger partial charge in [-0.1, -0.05) is 0 Å². The van der Waals surface area contributed by atoms with Gasteiger partial charge in [-0.05, 0) is 25.7 Å². The topological polar surface area (TPSA) is 38.1 Å². The summed E-state index contributed by atoms with van der Waals surface area (Å²) in [4.78, 5) is 13.1. The highest BCUT2D eigenvalue weighted by molar-refractivity contribution is 5.90. The highest BCUT2D eigenvalue weighted by Crippen LogP contribution is 2.29. The molecule has 0 saturated heterocycles. The smallest absolute Gasteiger partial charge is 0.224 e. The fraction of sp³-hybridized carbons (Fsp3) is 0.636. The Labute approximate surface area is 89.9 Å². The number of nitrogens with zero attached hydrogens (tertiary/aromatic N) is 3. The Morgan fingerprint density at radius 3 is 2.73 bits per heavy atom. The SMILES string of the molecule is CC(=O)N(C)c1c2c(nn1C)CCCC2. The summed E-state index contributed by atoms with van der Waals surface area (Å²) in [6.07, 6.45) is 4.52. The van der Waals surface area contributed by atoms with Gasteiger partial charge in [-0.3, -0.25) is 9.48 Å². The van der Waals surface area contributed by atoms with Gasteiger partial charge in [0.1, 0.15) is 5.82 Å². The molecule has 0 saturated carbocycles. The molecule has 0 unspecified atom stereocenters. The fourth-order valence-electron chi connectivity index (χ4n) is 2.23. The number of fused-ring (bicyclic) bond motifs is 1. The number of rotatable bonds is 1. The summed E-state index contributed by atoms with van der Waals surface area (Å²) in [5, 5.41) is 4.48. The van der Waals surface area contributed by atoms with E-state index in [1.54, 1.807) is 11.8 Å². The molecule has 1 aromatic rings. The monoisotopic (exact) mass is 207 g/mol. The number of hydrogen-bond donors (Lipinski definition) is 0. The van der Waals surface area contributed by atoms with Gasteiger partial charge >= 0.3 is 0 Å². The molecule has 0 atom stereocenters. The van der Waals surface area contributed by atoms with Crippen molar-refractivity contribution in [3.05, 3.63) is 11.3 Å². The molecule has 0 spiro atoms. The first-order valence-corrected chi connectivity index (χ1v) is 5.40. The van der Waals surface area contributed by atoms with Gasteiger partial charge in [0, 0.05) is 26.6 Å². The molecule has 15 heavy (non-hydrogen) atoms. The van der Waals surface area contributed by atoms with Gasteiger partial charge in [-0.15, -0.1) is 0 Å². The molecule has 4 heteroatoms. The van der Waals surface area contributed by atoms with Crippen LogP contribution in [0.1, 0.15) is 31.0 Å². The van der Waals surface area contributed by atoms with E-state index in [4.69, 9.17) is 0 Å². The number of amides is 1. The van der Waals surface area contributed by atoms with E-state index in [0.29, 0.717) is 0 Å². The quantitative estimate of drug-likeness (QED) is 0.695. The van der Waals surface area contributed by atoms with Crippen molar-refractivity contribution >= 4 is 11.7 Å². The summed E-state index contributed by atoms with van der Waals surface area (Å²) in [5.41, 5.74) is 2.44. The summed E-state index contributed by atoms with van der Waals surface area (Å²) in [5.74, 6) is 1.03. The Morgan fingerprint density at radius 2 is 2.07 bits per heavy atom. The maximum Gasteiger partial charge on any atom is 0.224 e. The minimum absolute atomic E-state index is 0.0615. The molecule has 82 valence electrons. The molecule has 1 aromatic heterocycles. The number of aromatic nitrogens is 2. The van der Waals surface area contributed by atoms with Gasteiger partial charge in [0.05, 0.1) is 5.69 Å². The third-order valence-electron chi connectivity index (χ3n) is 3.08. The Balaban J connectivity index is 2.46. The van der Waals surface area contributed by atoms with Gasteiger partial charge in [0.15, 0.2) is 0 Å². The van der Waals surface area contributed by atoms with Gasteiger partial charge in [-0.25, -0.2) is 0 Å². The van der Waals surface area contributed by atoms with Crippen LogP contribution in [0.5, 0.6) is 0 Å². The Kier molecular flexibility index (Phi) is 2.50. The Hall–Kier alpha value is -1.32. The first-order valence-electron chi connectivity index (χ1n) is 5.40. The summed E-state index contributed by atoms with van der Waals surface area (Å²) in [6, 6.07) is 0. The maximum absolute atomic E-state index is 11.4. The van der Waals surface area contributed by atoms with Crippen molar-refractivity contribution in [2.24, 2.45) is 7.05 Å². The van der Waals surface area contributed by atoms with Crippen molar-refractivity contribution in [3.63, 3.8) is 0 Å². The third kappa shape index (κ3) is 1.64. The number of carbonyl (C=O) groups is 1. The molecule has 1 aliphatic carbocycles. The van der Waals surface area contributed by atoms with Crippen LogP contribution in [-0.2, 0) is 24.7 Å². The van der Waals surface area contributed by atoms with Crippen LogP contribution in [0.4, 0.5) is 5.82 Å². The molecule has 0 aromatic carbocycles. The fourth-order valence-corrected chi connectivity index (χ4v) is 2.23. The number of carbonyl (C=O) groups excluding carboxylic acids is 1. The summed E-state index contributed by atoms with van der Waals surface area (Å²) < 4.78 is 1.83. The van der Waals surface area contributed by atoms with Crippen LogP contribution in [0.25, 0.3) is 0 Å². The van der Waals surface area contributed by atoms with Crippen LogP contribution in [0.15, 0.2) is 0 Å². The van der Waals surface area contributed by atoms with Gasteiger partial charge in [-0.2, -0.15) is 5.10 Å². The average Bonchev–Trinajstić information content (AvgIpc) is 2.52. The van der Waals surface area contributed by atoms with Gasteiger partial charge < -0.3 is 4.90 Å². The third-order valence-corrected chi connectivity index (χ3v) is 3.08. The standard InChI is InChI=1S/C11H17N3O/c1-8(15)13(2)11-9-6-4-5-7-10(9)12-14(11)3/h4-7H2,1-3H3. The van der Waals surface area contributed by atoms with Crippen molar-refractivity contribution in [2.75, 3.05) is 11.9 Å². The van der Waals surface area contributed by atoms with Crippen LogP contribution in [0.2, 0.25) is 0 Å². The van der Waals surface area contributed by atoms with Crippen LogP contribution in [-0.4, -0.2) is 22.7 Å². The van der Waals surface area contributed by atoms with Crippen LogP contribution in [0, 0.1) is 0 Å². The lowest BCUT2D eigenvalue weighted by molar-refractivity contribution is -0.116. The summed E-state index contributed by atoms with van der Waals surface area (Å²) in [6.45, 7) is 1.59. The van der Waals surface area contributed by atoms with E-state index in [9.17, 15) is 4.79 Å². The summed E-state index contributed by atoms with van der Waals surface area (Å²) >= 11 is 0. The van der Waals surface area contributed by atoms with Crippen molar-refractivity contribution in [3.8, 4) is 0 Å². The van der Waals surface area contributed by atoms with Gasteiger partial charge in [0.2, 0.25) is 5.91 Å². The summed E-state index contributed by atoms with van der Waals surface area (Å²) in [7, 11) is 3.72. The zero-order valence-electron chi connectivity index (χ0n) is 9.58. The van der Waals surface area contributed by atoms with E-state index in [1.807, 2.05) is 18.8 Å². The van der Waals surface area contributed by atoms with E-state index in [0.717, 1.165) is 18.7 Å². The average molecular weight is 207 g/mol. The predicted molar refractivity (Wildman–Crippen MR) is 58.9 cm³/mol. The lowest BCUT2D eigenvalue weighted by atomic mass is 9.97. The molecular formula is C11H17N3O. The number of hydrogen-bond acceptors (Lipinski definition) is 2. The van der Waals surface area contributed by atoms with Crippen molar-refractivity contribution < 1.29 is 4.79 Å². The number of anilines is 1. The predicted octanol–water partition coefficient (Wildman–Crippen LogP) is 1.28. The van der Waals surface area contributed by atoms with Crippen LogP contribution < -0.4 is 4.90 Å².